The van der Waals surface area contributed by atoms with Crippen molar-refractivity contribution in [1.82, 2.24) is 0 Å². The minimum atomic E-state index is 0.924. The highest BCUT2D eigenvalue weighted by atomic mass is 14.7. The summed E-state index contributed by atoms with van der Waals surface area (Å²) in [6.07, 6.45) is 13.1. The smallest absolute Gasteiger partial charge is 0.0701 e. The van der Waals surface area contributed by atoms with Gasteiger partial charge in [0, 0.05) is 11.8 Å². The molecule has 12 heavy (non-hydrogen) atoms. The first-order valence-electron chi connectivity index (χ1n) is 3.75. The van der Waals surface area contributed by atoms with E-state index in [1.165, 1.54) is 6.20 Å². The third-order valence-electron chi connectivity index (χ3n) is 1.46. The van der Waals surface area contributed by atoms with E-state index >= 15 is 0 Å². The minimum Gasteiger partial charge on any atom is -0.257 e. The Morgan fingerprint density at radius 1 is 1.17 bits per heavy atom. The average Bonchev–Trinajstić information content (AvgIpc) is 2.09. The Kier molecular flexibility index (Phi) is 3.03. The van der Waals surface area contributed by atoms with E-state index in [4.69, 9.17) is 0 Å². The van der Waals surface area contributed by atoms with Crippen LogP contribution in [0.3, 0.4) is 0 Å². The van der Waals surface area contributed by atoms with Crippen LogP contribution in [0, 0.1) is 0 Å². The summed E-state index contributed by atoms with van der Waals surface area (Å²) in [5.74, 6) is 0. The number of aliphatic imine (C=N–C) groups is 1. The second-order valence-corrected chi connectivity index (χ2v) is 2.27. The lowest BCUT2D eigenvalue weighted by Crippen LogP contribution is -1.98. The molecular weight excluding hydrogens is 146 g/mol. The average molecular weight is 157 g/mol. The molecule has 1 aliphatic rings. The molecule has 0 aromatic carbocycles. The van der Waals surface area contributed by atoms with Gasteiger partial charge in [-0.15, -0.1) is 0 Å². The second-order valence-electron chi connectivity index (χ2n) is 2.27. The number of rotatable bonds is 2. The van der Waals surface area contributed by atoms with Crippen LogP contribution in [0.5, 0.6) is 0 Å². The quantitative estimate of drug-likeness (QED) is 0.584. The van der Waals surface area contributed by atoms with E-state index in [9.17, 15) is 0 Å². The predicted octanol–water partition coefficient (Wildman–Crippen LogP) is 2.81. The Morgan fingerprint density at radius 3 is 2.58 bits per heavy atom. The van der Waals surface area contributed by atoms with Crippen LogP contribution in [0.2, 0.25) is 0 Å². The molecule has 0 aromatic heterocycles. The van der Waals surface area contributed by atoms with Gasteiger partial charge in [-0.3, -0.25) is 4.99 Å². The summed E-state index contributed by atoms with van der Waals surface area (Å²) in [6, 6.07) is 0. The van der Waals surface area contributed by atoms with Crippen molar-refractivity contribution in [3.63, 3.8) is 0 Å². The molecule has 0 saturated carbocycles. The lowest BCUT2D eigenvalue weighted by Gasteiger charge is -2.03. The third-order valence-corrected chi connectivity index (χ3v) is 1.46. The summed E-state index contributed by atoms with van der Waals surface area (Å²) in [4.78, 5) is 4.11. The molecule has 0 fully saturated rings. The first kappa shape index (κ1) is 8.47. The summed E-state index contributed by atoms with van der Waals surface area (Å²) in [5, 5.41) is 0. The summed E-state index contributed by atoms with van der Waals surface area (Å²) < 4.78 is 0. The van der Waals surface area contributed by atoms with Crippen molar-refractivity contribution in [1.29, 1.82) is 0 Å². The fraction of sp³-hybridized carbons (Fsp3) is 0. The maximum Gasteiger partial charge on any atom is 0.0701 e. The molecule has 0 N–H and O–H groups in total. The highest BCUT2D eigenvalue weighted by Gasteiger charge is 2.00. The Morgan fingerprint density at radius 2 is 1.92 bits per heavy atom. The predicted molar refractivity (Wildman–Crippen MR) is 54.2 cm³/mol. The number of hydrogen-bond donors (Lipinski definition) is 0. The van der Waals surface area contributed by atoms with Gasteiger partial charge in [0.1, 0.15) is 0 Å². The van der Waals surface area contributed by atoms with Crippen molar-refractivity contribution >= 4 is 5.71 Å². The summed E-state index contributed by atoms with van der Waals surface area (Å²) in [5.41, 5.74) is 1.99. The molecule has 0 aliphatic heterocycles. The molecule has 0 unspecified atom stereocenters. The van der Waals surface area contributed by atoms with E-state index in [2.05, 4.69) is 18.2 Å². The Bertz CT molecular complexity index is 269. The molecule has 0 saturated heterocycles. The van der Waals surface area contributed by atoms with Gasteiger partial charge < -0.3 is 0 Å². The van der Waals surface area contributed by atoms with Crippen LogP contribution in [-0.2, 0) is 0 Å². The number of hydrogen-bond acceptors (Lipinski definition) is 1. The van der Waals surface area contributed by atoms with Crippen LogP contribution in [0.1, 0.15) is 0 Å². The number of nitrogens with zero attached hydrogens (tertiary/aromatic N) is 1. The fourth-order valence-electron chi connectivity index (χ4n) is 0.971. The van der Waals surface area contributed by atoms with Crippen LogP contribution in [-0.4, -0.2) is 5.71 Å². The fourth-order valence-corrected chi connectivity index (χ4v) is 0.971. The molecule has 60 valence electrons. The van der Waals surface area contributed by atoms with Crippen LogP contribution >= 0.6 is 0 Å². The highest BCUT2D eigenvalue weighted by molar-refractivity contribution is 6.11. The van der Waals surface area contributed by atoms with Crippen LogP contribution in [0.4, 0.5) is 0 Å². The van der Waals surface area contributed by atoms with Gasteiger partial charge in [0.2, 0.25) is 0 Å². The van der Waals surface area contributed by atoms with Crippen molar-refractivity contribution < 1.29 is 0 Å². The van der Waals surface area contributed by atoms with E-state index in [-0.39, 0.29) is 0 Å². The molecule has 0 spiro atoms. The summed E-state index contributed by atoms with van der Waals surface area (Å²) >= 11 is 0. The van der Waals surface area contributed by atoms with Gasteiger partial charge in [0.05, 0.1) is 5.71 Å². The van der Waals surface area contributed by atoms with Gasteiger partial charge in [0.25, 0.3) is 0 Å². The van der Waals surface area contributed by atoms with E-state index in [1.807, 2.05) is 30.4 Å². The molecule has 0 heterocycles. The molecule has 0 bridgehead atoms. The van der Waals surface area contributed by atoms with Crippen molar-refractivity contribution in [2.24, 2.45) is 4.99 Å². The summed E-state index contributed by atoms with van der Waals surface area (Å²) in [7, 11) is 0. The zero-order valence-corrected chi connectivity index (χ0v) is 6.90. The van der Waals surface area contributed by atoms with E-state index in [0.29, 0.717) is 0 Å². The van der Waals surface area contributed by atoms with E-state index in [0.717, 1.165) is 11.3 Å². The molecular formula is C11H11N. The molecule has 0 radical (unpaired) electrons. The first-order valence-corrected chi connectivity index (χ1v) is 3.75. The van der Waals surface area contributed by atoms with Crippen molar-refractivity contribution in [2.75, 3.05) is 0 Å². The molecule has 1 heteroatoms. The van der Waals surface area contributed by atoms with Gasteiger partial charge in [-0.2, -0.15) is 0 Å². The molecule has 1 aliphatic carbocycles. The maximum absolute atomic E-state index is 4.11. The van der Waals surface area contributed by atoms with Crippen molar-refractivity contribution in [3.8, 4) is 0 Å². The Hall–Kier alpha value is -1.63. The van der Waals surface area contributed by atoms with Gasteiger partial charge in [-0.1, -0.05) is 43.5 Å². The van der Waals surface area contributed by atoms with Crippen LogP contribution in [0.25, 0.3) is 0 Å². The third kappa shape index (κ3) is 1.92. The lowest BCUT2D eigenvalue weighted by atomic mass is 10.1. The van der Waals surface area contributed by atoms with Gasteiger partial charge in [0.15, 0.2) is 0 Å². The first-order chi connectivity index (χ1) is 5.88. The highest BCUT2D eigenvalue weighted by Crippen LogP contribution is 2.08. The van der Waals surface area contributed by atoms with Crippen molar-refractivity contribution in [2.45, 2.75) is 0 Å². The number of allylic oxidation sites excluding steroid dienone is 7. The molecule has 0 aromatic rings. The normalized spacial score (nSPS) is 21.7. The summed E-state index contributed by atoms with van der Waals surface area (Å²) in [6.45, 7) is 7.18. The molecule has 0 amide bonds. The van der Waals surface area contributed by atoms with Crippen LogP contribution < -0.4 is 0 Å². The topological polar surface area (TPSA) is 12.4 Å². The Balaban J connectivity index is 3.00. The van der Waals surface area contributed by atoms with Gasteiger partial charge in [-0.25, -0.2) is 0 Å². The van der Waals surface area contributed by atoms with Crippen LogP contribution in [0.15, 0.2) is 66.4 Å². The molecule has 1 nitrogen and oxygen atoms in total. The SMILES string of the molecule is C=C/C=C1/C=CC=C/C1=N/C=C. The lowest BCUT2D eigenvalue weighted by molar-refractivity contribution is 1.55. The van der Waals surface area contributed by atoms with E-state index < -0.39 is 0 Å². The maximum atomic E-state index is 4.11. The zero-order chi connectivity index (χ0) is 8.81. The van der Waals surface area contributed by atoms with E-state index in [1.54, 1.807) is 6.08 Å². The monoisotopic (exact) mass is 157 g/mol. The van der Waals surface area contributed by atoms with Gasteiger partial charge >= 0.3 is 0 Å². The standard InChI is InChI=1S/C11H11N/c1-3-7-10-8-5-6-9-11(10)12-4-2/h3-9H,1-2H2/b10-7-,12-11-. The zero-order valence-electron chi connectivity index (χ0n) is 6.90. The minimum absolute atomic E-state index is 0.924. The second kappa shape index (κ2) is 4.29. The van der Waals surface area contributed by atoms with Crippen molar-refractivity contribution in [3.05, 3.63) is 61.4 Å². The Labute approximate surface area is 72.8 Å². The largest absolute Gasteiger partial charge is 0.257 e. The molecule has 1 rings (SSSR count). The molecule has 0 atom stereocenters. The van der Waals surface area contributed by atoms with Gasteiger partial charge in [-0.05, 0) is 6.08 Å².